The smallest absolute Gasteiger partial charge is 0.147 e. The van der Waals surface area contributed by atoms with E-state index in [2.05, 4.69) is 33.5 Å². The normalized spacial score (nSPS) is 15.2. The summed E-state index contributed by atoms with van der Waals surface area (Å²) in [4.78, 5) is 2.34. The minimum Gasteiger partial charge on any atom is -0.395 e. The second kappa shape index (κ2) is 7.01. The molecule has 0 aliphatic carbocycles. The van der Waals surface area contributed by atoms with Crippen molar-refractivity contribution in [2.45, 2.75) is 65.1 Å². The molecular weight excluding hydrogens is 240 g/mol. The Labute approximate surface area is 115 Å². The topological polar surface area (TPSA) is 54.2 Å². The maximum atomic E-state index is 9.26. The molecule has 1 aromatic heterocycles. The highest BCUT2D eigenvalue weighted by molar-refractivity contribution is 4.99. The van der Waals surface area contributed by atoms with Crippen molar-refractivity contribution >= 4 is 0 Å². The molecule has 0 saturated heterocycles. The summed E-state index contributed by atoms with van der Waals surface area (Å²) in [5.74, 6) is 2.20. The van der Waals surface area contributed by atoms with Crippen LogP contribution in [0.3, 0.4) is 0 Å². The number of hydrogen-bond acceptors (Lipinski definition) is 4. The highest BCUT2D eigenvalue weighted by Gasteiger charge is 2.21. The van der Waals surface area contributed by atoms with Gasteiger partial charge in [0, 0.05) is 25.6 Å². The van der Waals surface area contributed by atoms with Crippen LogP contribution in [0.1, 0.15) is 51.2 Å². The molecular formula is C14H26N4O. The van der Waals surface area contributed by atoms with Crippen molar-refractivity contribution in [1.82, 2.24) is 19.7 Å². The van der Waals surface area contributed by atoms with Gasteiger partial charge in [-0.1, -0.05) is 13.8 Å². The van der Waals surface area contributed by atoms with Crippen molar-refractivity contribution in [3.05, 3.63) is 11.6 Å². The van der Waals surface area contributed by atoms with Crippen LogP contribution in [-0.4, -0.2) is 44.0 Å². The first-order valence-corrected chi connectivity index (χ1v) is 7.56. The summed E-state index contributed by atoms with van der Waals surface area (Å²) in [6.07, 6.45) is 5.72. The van der Waals surface area contributed by atoms with Gasteiger partial charge in [0.25, 0.3) is 0 Å². The van der Waals surface area contributed by atoms with Gasteiger partial charge in [-0.3, -0.25) is 4.90 Å². The average molecular weight is 266 g/mol. The Hall–Kier alpha value is -0.940. The van der Waals surface area contributed by atoms with E-state index in [1.165, 1.54) is 12.8 Å². The lowest BCUT2D eigenvalue weighted by molar-refractivity contribution is 0.131. The van der Waals surface area contributed by atoms with Crippen molar-refractivity contribution in [3.63, 3.8) is 0 Å². The maximum absolute atomic E-state index is 9.26. The highest BCUT2D eigenvalue weighted by Crippen LogP contribution is 2.17. The van der Waals surface area contributed by atoms with Crippen LogP contribution in [0.2, 0.25) is 0 Å². The molecule has 108 valence electrons. The minimum absolute atomic E-state index is 0.206. The molecule has 0 atom stereocenters. The molecule has 0 aromatic carbocycles. The number of hydrogen-bond donors (Lipinski definition) is 1. The first-order valence-electron chi connectivity index (χ1n) is 7.56. The van der Waals surface area contributed by atoms with Gasteiger partial charge in [-0.15, -0.1) is 10.2 Å². The molecule has 1 aromatic rings. The van der Waals surface area contributed by atoms with E-state index in [-0.39, 0.29) is 6.61 Å². The Kier molecular flexibility index (Phi) is 5.34. The van der Waals surface area contributed by atoms with E-state index in [4.69, 9.17) is 0 Å². The van der Waals surface area contributed by atoms with Gasteiger partial charge >= 0.3 is 0 Å². The summed E-state index contributed by atoms with van der Waals surface area (Å²) >= 11 is 0. The third kappa shape index (κ3) is 3.34. The Bertz CT molecular complexity index is 387. The maximum Gasteiger partial charge on any atom is 0.147 e. The van der Waals surface area contributed by atoms with Gasteiger partial charge in [0.2, 0.25) is 0 Å². The van der Waals surface area contributed by atoms with E-state index in [9.17, 15) is 5.11 Å². The number of aliphatic hydroxyl groups is 1. The number of aliphatic hydroxyl groups excluding tert-OH is 1. The van der Waals surface area contributed by atoms with Crippen molar-refractivity contribution in [2.75, 3.05) is 13.2 Å². The highest BCUT2D eigenvalue weighted by atomic mass is 16.3. The largest absolute Gasteiger partial charge is 0.395 e. The minimum atomic E-state index is 0.206. The lowest BCUT2D eigenvalue weighted by atomic mass is 10.1. The molecule has 1 aliphatic heterocycles. The molecule has 19 heavy (non-hydrogen) atoms. The van der Waals surface area contributed by atoms with Crippen LogP contribution in [0.4, 0.5) is 0 Å². The number of nitrogens with zero attached hydrogens (tertiary/aromatic N) is 4. The first-order chi connectivity index (χ1) is 9.30. The fourth-order valence-corrected chi connectivity index (χ4v) is 2.99. The van der Waals surface area contributed by atoms with Gasteiger partial charge in [-0.2, -0.15) is 0 Å². The van der Waals surface area contributed by atoms with E-state index >= 15 is 0 Å². The van der Waals surface area contributed by atoms with Crippen molar-refractivity contribution in [2.24, 2.45) is 0 Å². The zero-order valence-electron chi connectivity index (χ0n) is 12.2. The number of aromatic nitrogens is 3. The third-order valence-corrected chi connectivity index (χ3v) is 4.13. The zero-order valence-corrected chi connectivity index (χ0v) is 12.2. The van der Waals surface area contributed by atoms with Crippen LogP contribution in [0, 0.1) is 0 Å². The molecule has 1 aliphatic rings. The molecule has 0 amide bonds. The fourth-order valence-electron chi connectivity index (χ4n) is 2.99. The van der Waals surface area contributed by atoms with E-state index in [0.29, 0.717) is 12.6 Å². The van der Waals surface area contributed by atoms with Gasteiger partial charge in [0.05, 0.1) is 13.2 Å². The zero-order chi connectivity index (χ0) is 13.7. The average Bonchev–Trinajstić information content (AvgIpc) is 2.84. The Morgan fingerprint density at radius 1 is 1.26 bits per heavy atom. The van der Waals surface area contributed by atoms with Crippen LogP contribution in [0.15, 0.2) is 0 Å². The molecule has 0 saturated carbocycles. The quantitative estimate of drug-likeness (QED) is 0.814. The second-order valence-corrected chi connectivity index (χ2v) is 5.31. The van der Waals surface area contributed by atoms with E-state index < -0.39 is 0 Å². The molecule has 2 rings (SSSR count). The summed E-state index contributed by atoms with van der Waals surface area (Å²) in [5, 5.41) is 17.9. The van der Waals surface area contributed by atoms with Gasteiger partial charge in [0.15, 0.2) is 0 Å². The summed E-state index contributed by atoms with van der Waals surface area (Å²) in [7, 11) is 0. The SMILES string of the molecule is CCC(CC)N(CCO)Cc1nnc2n1CCCC2. The Balaban J connectivity index is 2.10. The molecule has 5 nitrogen and oxygen atoms in total. The molecule has 0 unspecified atom stereocenters. The van der Waals surface area contributed by atoms with E-state index in [1.54, 1.807) is 0 Å². The van der Waals surface area contributed by atoms with Gasteiger partial charge in [-0.25, -0.2) is 0 Å². The molecule has 0 radical (unpaired) electrons. The van der Waals surface area contributed by atoms with Crippen LogP contribution >= 0.6 is 0 Å². The van der Waals surface area contributed by atoms with Crippen molar-refractivity contribution < 1.29 is 5.11 Å². The van der Waals surface area contributed by atoms with Crippen LogP contribution in [-0.2, 0) is 19.5 Å². The standard InChI is InChI=1S/C14H26N4O/c1-3-12(4-2)17(9-10-19)11-14-16-15-13-7-5-6-8-18(13)14/h12,19H,3-11H2,1-2H3. The second-order valence-electron chi connectivity index (χ2n) is 5.31. The van der Waals surface area contributed by atoms with Gasteiger partial charge < -0.3 is 9.67 Å². The van der Waals surface area contributed by atoms with E-state index in [0.717, 1.165) is 44.0 Å². The predicted octanol–water partition coefficient (Wildman–Crippen LogP) is 1.60. The van der Waals surface area contributed by atoms with Gasteiger partial charge in [0.1, 0.15) is 11.6 Å². The molecule has 0 bridgehead atoms. The number of fused-ring (bicyclic) bond motifs is 1. The summed E-state index contributed by atoms with van der Waals surface area (Å²) in [6.45, 7) is 7.19. The van der Waals surface area contributed by atoms with Crippen LogP contribution in [0.25, 0.3) is 0 Å². The summed E-state index contributed by atoms with van der Waals surface area (Å²) in [6, 6.07) is 0.517. The molecule has 2 heterocycles. The lowest BCUT2D eigenvalue weighted by Gasteiger charge is -2.29. The predicted molar refractivity (Wildman–Crippen MR) is 74.8 cm³/mol. The Morgan fingerprint density at radius 3 is 2.74 bits per heavy atom. The van der Waals surface area contributed by atoms with Crippen molar-refractivity contribution in [1.29, 1.82) is 0 Å². The molecule has 0 fully saturated rings. The summed E-state index contributed by atoms with van der Waals surface area (Å²) < 4.78 is 2.27. The van der Waals surface area contributed by atoms with Gasteiger partial charge in [-0.05, 0) is 25.7 Å². The van der Waals surface area contributed by atoms with Crippen LogP contribution < -0.4 is 0 Å². The third-order valence-electron chi connectivity index (χ3n) is 4.13. The number of aryl methyl sites for hydroxylation is 1. The monoisotopic (exact) mass is 266 g/mol. The van der Waals surface area contributed by atoms with E-state index in [1.807, 2.05) is 0 Å². The lowest BCUT2D eigenvalue weighted by Crippen LogP contribution is -2.37. The van der Waals surface area contributed by atoms with Crippen molar-refractivity contribution in [3.8, 4) is 0 Å². The fraction of sp³-hybridized carbons (Fsp3) is 0.857. The van der Waals surface area contributed by atoms with Crippen LogP contribution in [0.5, 0.6) is 0 Å². The molecule has 0 spiro atoms. The molecule has 1 N–H and O–H groups in total. The number of rotatable bonds is 7. The Morgan fingerprint density at radius 2 is 2.05 bits per heavy atom. The molecule has 5 heteroatoms. The summed E-state index contributed by atoms with van der Waals surface area (Å²) in [5.41, 5.74) is 0. The first kappa shape index (κ1) is 14.5.